The normalized spacial score (nSPS) is 19.4. The van der Waals surface area contributed by atoms with E-state index in [0.29, 0.717) is 11.4 Å². The van der Waals surface area contributed by atoms with Crippen LogP contribution >= 0.6 is 0 Å². The summed E-state index contributed by atoms with van der Waals surface area (Å²) in [4.78, 5) is 25.1. The van der Waals surface area contributed by atoms with Crippen LogP contribution in [0.1, 0.15) is 16.9 Å². The molecule has 1 aromatic heterocycles. The number of halogens is 1. The van der Waals surface area contributed by atoms with Crippen LogP contribution in [0.4, 0.5) is 14.9 Å². The number of nitrogens with one attached hydrogen (secondary N) is 1. The largest absolute Gasteiger partial charge is 0.497 e. The number of nitrogens with zero attached hydrogens (tertiary/aromatic N) is 4. The second-order valence-corrected chi connectivity index (χ2v) is 5.99. The van der Waals surface area contributed by atoms with Crippen molar-refractivity contribution < 1.29 is 18.7 Å². The molecule has 1 aliphatic rings. The second kappa shape index (κ2) is 7.38. The Morgan fingerprint density at radius 1 is 1.46 bits per heavy atom. The van der Waals surface area contributed by atoms with E-state index in [1.165, 1.54) is 22.9 Å². The van der Waals surface area contributed by atoms with Crippen molar-refractivity contribution in [3.63, 3.8) is 0 Å². The molecule has 0 spiro atoms. The summed E-state index contributed by atoms with van der Waals surface area (Å²) in [6, 6.07) is 6.06. The minimum Gasteiger partial charge on any atom is -0.497 e. The first-order valence-electron chi connectivity index (χ1n) is 8.02. The fourth-order valence-corrected chi connectivity index (χ4v) is 2.89. The third-order valence-electron chi connectivity index (χ3n) is 4.13. The highest BCUT2D eigenvalue weighted by Gasteiger charge is 2.36. The zero-order valence-corrected chi connectivity index (χ0v) is 14.1. The molecule has 1 fully saturated rings. The van der Waals surface area contributed by atoms with Crippen LogP contribution in [0.15, 0.2) is 30.5 Å². The summed E-state index contributed by atoms with van der Waals surface area (Å²) in [7, 11) is 1.53. The van der Waals surface area contributed by atoms with Crippen molar-refractivity contribution in [2.45, 2.75) is 25.2 Å². The van der Waals surface area contributed by atoms with Gasteiger partial charge in [-0.1, -0.05) is 11.3 Å². The number of carbonyl (C=O) groups is 2. The third-order valence-corrected chi connectivity index (χ3v) is 4.13. The van der Waals surface area contributed by atoms with Gasteiger partial charge in [0.25, 0.3) is 5.91 Å². The molecule has 3 rings (SSSR count). The van der Waals surface area contributed by atoms with Crippen molar-refractivity contribution >= 4 is 17.6 Å². The van der Waals surface area contributed by atoms with E-state index in [1.54, 1.807) is 24.3 Å². The van der Waals surface area contributed by atoms with Gasteiger partial charge in [0.2, 0.25) is 0 Å². The number of primary amides is 1. The number of carbonyl (C=O) groups excluding carboxylic acids is 2. The molecule has 1 aliphatic heterocycles. The van der Waals surface area contributed by atoms with Gasteiger partial charge in [-0.25, -0.2) is 13.9 Å². The van der Waals surface area contributed by atoms with Crippen LogP contribution in [0.25, 0.3) is 0 Å². The smallest absolute Gasteiger partial charge is 0.322 e. The van der Waals surface area contributed by atoms with Crippen LogP contribution in [-0.2, 0) is 6.54 Å². The number of methoxy groups -OCH3 is 1. The molecule has 1 saturated heterocycles. The standard InChI is InChI=1S/C16H19FN6O3/c1-26-13-4-2-3-11(6-13)19-16(25)23-7-10(17)5-12(23)8-22-9-14(15(18)24)20-21-22/h2-4,6,9-10,12H,5,7-8H2,1H3,(H2,18,24)(H,19,25). The number of rotatable bonds is 5. The number of likely N-dealkylation sites (tertiary alicyclic amines) is 1. The first-order chi connectivity index (χ1) is 12.5. The van der Waals surface area contributed by atoms with Gasteiger partial charge in [-0.3, -0.25) is 4.79 Å². The van der Waals surface area contributed by atoms with Crippen molar-refractivity contribution in [3.8, 4) is 5.75 Å². The van der Waals surface area contributed by atoms with Crippen LogP contribution in [-0.4, -0.2) is 57.7 Å². The predicted molar refractivity (Wildman–Crippen MR) is 90.6 cm³/mol. The molecule has 1 aromatic carbocycles. The molecule has 0 radical (unpaired) electrons. The summed E-state index contributed by atoms with van der Waals surface area (Å²) in [6.45, 7) is 0.198. The number of aromatic nitrogens is 3. The molecule has 3 amide bonds. The average Bonchev–Trinajstić information content (AvgIpc) is 3.22. The summed E-state index contributed by atoms with van der Waals surface area (Å²) < 4.78 is 20.4. The number of urea groups is 1. The van der Waals surface area contributed by atoms with Gasteiger partial charge in [-0.2, -0.15) is 0 Å². The molecule has 2 atom stereocenters. The molecule has 2 heterocycles. The molecule has 0 aliphatic carbocycles. The summed E-state index contributed by atoms with van der Waals surface area (Å²) in [5.74, 6) is -0.0931. The van der Waals surface area contributed by atoms with E-state index in [1.807, 2.05) is 0 Å². The maximum absolute atomic E-state index is 13.9. The summed E-state index contributed by atoms with van der Waals surface area (Å²) in [6.07, 6.45) is 0.429. The minimum atomic E-state index is -1.13. The van der Waals surface area contributed by atoms with Gasteiger partial charge in [0, 0.05) is 18.2 Å². The van der Waals surface area contributed by atoms with Gasteiger partial charge in [0.05, 0.1) is 32.4 Å². The Balaban J connectivity index is 1.69. The molecule has 26 heavy (non-hydrogen) atoms. The number of hydrogen-bond acceptors (Lipinski definition) is 5. The molecule has 2 aromatic rings. The summed E-state index contributed by atoms with van der Waals surface area (Å²) >= 11 is 0. The maximum Gasteiger partial charge on any atom is 0.322 e. The van der Waals surface area contributed by atoms with E-state index in [0.717, 1.165) is 0 Å². The van der Waals surface area contributed by atoms with Crippen LogP contribution in [0.2, 0.25) is 0 Å². The van der Waals surface area contributed by atoms with Gasteiger partial charge in [-0.05, 0) is 12.1 Å². The lowest BCUT2D eigenvalue weighted by molar-refractivity contribution is 0.0995. The van der Waals surface area contributed by atoms with Crippen molar-refractivity contribution in [3.05, 3.63) is 36.2 Å². The van der Waals surface area contributed by atoms with E-state index in [2.05, 4.69) is 15.6 Å². The van der Waals surface area contributed by atoms with Crippen molar-refractivity contribution in [2.75, 3.05) is 19.0 Å². The SMILES string of the molecule is COc1cccc(NC(=O)N2CC(F)CC2Cn2cc(C(N)=O)nn2)c1. The third kappa shape index (κ3) is 3.90. The van der Waals surface area contributed by atoms with Crippen LogP contribution in [0.3, 0.4) is 0 Å². The molecular formula is C16H19FN6O3. The number of benzene rings is 1. The number of anilines is 1. The molecule has 2 unspecified atom stereocenters. The first kappa shape index (κ1) is 17.6. The summed E-state index contributed by atoms with van der Waals surface area (Å²) in [5, 5.41) is 10.2. The highest BCUT2D eigenvalue weighted by atomic mass is 19.1. The monoisotopic (exact) mass is 362 g/mol. The van der Waals surface area contributed by atoms with Crippen LogP contribution < -0.4 is 15.8 Å². The highest BCUT2D eigenvalue weighted by Crippen LogP contribution is 2.24. The molecule has 10 heteroatoms. The minimum absolute atomic E-state index is 0.0160. The van der Waals surface area contributed by atoms with E-state index < -0.39 is 24.2 Å². The van der Waals surface area contributed by atoms with Gasteiger partial charge in [-0.15, -0.1) is 5.10 Å². The second-order valence-electron chi connectivity index (χ2n) is 5.99. The molecular weight excluding hydrogens is 343 g/mol. The lowest BCUT2D eigenvalue weighted by Gasteiger charge is -2.24. The molecule has 0 bridgehead atoms. The number of hydrogen-bond donors (Lipinski definition) is 2. The van der Waals surface area contributed by atoms with Gasteiger partial charge >= 0.3 is 6.03 Å². The van der Waals surface area contributed by atoms with Gasteiger partial charge in [0.15, 0.2) is 5.69 Å². The number of amides is 3. The van der Waals surface area contributed by atoms with Crippen LogP contribution in [0.5, 0.6) is 5.75 Å². The Morgan fingerprint density at radius 3 is 2.96 bits per heavy atom. The Morgan fingerprint density at radius 2 is 2.27 bits per heavy atom. The lowest BCUT2D eigenvalue weighted by atomic mass is 10.2. The quantitative estimate of drug-likeness (QED) is 0.824. The predicted octanol–water partition coefficient (Wildman–Crippen LogP) is 1.03. The van der Waals surface area contributed by atoms with Gasteiger partial charge in [0.1, 0.15) is 11.9 Å². The molecule has 9 nitrogen and oxygen atoms in total. The Labute approximate surface area is 148 Å². The topological polar surface area (TPSA) is 115 Å². The average molecular weight is 362 g/mol. The maximum atomic E-state index is 13.9. The number of ether oxygens (including phenoxy) is 1. The molecule has 0 saturated carbocycles. The number of nitrogens with two attached hydrogens (primary N) is 1. The van der Waals surface area contributed by atoms with E-state index >= 15 is 0 Å². The Kier molecular flexibility index (Phi) is 5.01. The van der Waals surface area contributed by atoms with Gasteiger partial charge < -0.3 is 20.7 Å². The van der Waals surface area contributed by atoms with E-state index in [-0.39, 0.29) is 25.2 Å². The number of alkyl halides is 1. The van der Waals surface area contributed by atoms with E-state index in [9.17, 15) is 14.0 Å². The zero-order valence-electron chi connectivity index (χ0n) is 14.1. The molecule has 138 valence electrons. The summed E-state index contributed by atoms with van der Waals surface area (Å²) in [5.41, 5.74) is 5.71. The fraction of sp³-hybridized carbons (Fsp3) is 0.375. The van der Waals surface area contributed by atoms with Crippen molar-refractivity contribution in [1.82, 2.24) is 19.9 Å². The van der Waals surface area contributed by atoms with Crippen molar-refractivity contribution in [2.24, 2.45) is 5.73 Å². The Hall–Kier alpha value is -3.17. The fourth-order valence-electron chi connectivity index (χ4n) is 2.89. The van der Waals surface area contributed by atoms with E-state index in [4.69, 9.17) is 10.5 Å². The zero-order chi connectivity index (χ0) is 18.7. The highest BCUT2D eigenvalue weighted by molar-refractivity contribution is 5.90. The first-order valence-corrected chi connectivity index (χ1v) is 8.02. The van der Waals surface area contributed by atoms with Crippen molar-refractivity contribution in [1.29, 1.82) is 0 Å². The lowest BCUT2D eigenvalue weighted by Crippen LogP contribution is -2.41. The molecule has 3 N–H and O–H groups in total. The Bertz CT molecular complexity index is 811. The van der Waals surface area contributed by atoms with Crippen LogP contribution in [0, 0.1) is 0 Å².